The predicted octanol–water partition coefficient (Wildman–Crippen LogP) is 1.68. The predicted molar refractivity (Wildman–Crippen MR) is 264 cm³/mol. The van der Waals surface area contributed by atoms with Gasteiger partial charge in [-0.2, -0.15) is 67.2 Å². The number of anilines is 7. The number of ether oxygens (including phenoxy) is 1. The van der Waals surface area contributed by atoms with Gasteiger partial charge in [-0.25, -0.2) is 0 Å². The van der Waals surface area contributed by atoms with Crippen molar-refractivity contribution in [3.8, 4) is 5.75 Å². The number of hydrazone groups is 2. The molecule has 0 fully saturated rings. The van der Waals surface area contributed by atoms with Crippen LogP contribution in [0, 0.1) is 0 Å². The van der Waals surface area contributed by atoms with E-state index < -0.39 is 151 Å². The Morgan fingerprint density at radius 1 is 0.573 bits per heavy atom. The van der Waals surface area contributed by atoms with Crippen LogP contribution in [0.2, 0.25) is 0 Å². The normalized spacial score (nSPS) is 15.1. The standard InChI is InChI=1S/C40H36N10O20S5/c1-70-23-7-9-27(30(18-23)73(61,62)63)47-48-34-31(74(64,65)66)16-20-14-22(6-8-25(20)36(34)53)41-38-43-39(45-40(44-38)50(10-12-51)11-13-52)42-28-19-24(71(55,56)57)15-21-17-32(75(67,68)69)35(37(54)33(21)28)49-46-26-4-2-3-5-29(26)72(58,59)60/h2-9,14-19,46-47,51-52H,10-13H2,1H3,(H,55,56,57)(H,58,59,60)(H,61,62,63)(H,64,65,66)(H,67,68,69)(H2,41,42,43,44,45). The topological polar surface area (TPSA) is 470 Å². The molecule has 11 N–H and O–H groups in total. The number of Topliss-reactive ketones (excluding diaryl/α,β-unsaturated/α-hetero) is 2. The van der Waals surface area contributed by atoms with Crippen LogP contribution in [0.1, 0.15) is 31.8 Å². The number of allylic oxidation sites excluding steroid dienone is 2. The van der Waals surface area contributed by atoms with E-state index in [0.717, 1.165) is 36.4 Å². The maximum absolute atomic E-state index is 14.4. The quantitative estimate of drug-likeness (QED) is 0.0414. The summed E-state index contributed by atoms with van der Waals surface area (Å²) in [6.07, 6.45) is 1.42. The zero-order chi connectivity index (χ0) is 55.0. The van der Waals surface area contributed by atoms with E-state index >= 15 is 0 Å². The van der Waals surface area contributed by atoms with E-state index in [9.17, 15) is 84.7 Å². The Kier molecular flexibility index (Phi) is 15.4. The number of para-hydroxylation sites is 1. The minimum Gasteiger partial charge on any atom is -0.497 e. The summed E-state index contributed by atoms with van der Waals surface area (Å²) in [5.74, 6) is -3.92. The van der Waals surface area contributed by atoms with E-state index in [4.69, 9.17) is 4.74 Å². The lowest BCUT2D eigenvalue weighted by Crippen LogP contribution is -2.32. The zero-order valence-electron chi connectivity index (χ0n) is 37.6. The van der Waals surface area contributed by atoms with Crippen LogP contribution in [-0.2, 0) is 50.6 Å². The molecule has 7 rings (SSSR count). The van der Waals surface area contributed by atoms with Crippen LogP contribution in [-0.4, -0.2) is 146 Å². The summed E-state index contributed by atoms with van der Waals surface area (Å²) < 4.78 is 179. The van der Waals surface area contributed by atoms with E-state index in [-0.39, 0.29) is 41.6 Å². The molecule has 2 aliphatic rings. The van der Waals surface area contributed by atoms with Gasteiger partial charge < -0.3 is 30.5 Å². The minimum atomic E-state index is -5.44. The first kappa shape index (κ1) is 55.1. The molecule has 0 radical (unpaired) electrons. The van der Waals surface area contributed by atoms with Gasteiger partial charge in [-0.1, -0.05) is 12.1 Å². The fourth-order valence-electron chi connectivity index (χ4n) is 7.08. The molecule has 30 nitrogen and oxygen atoms in total. The Bertz CT molecular complexity index is 3940. The van der Waals surface area contributed by atoms with Crippen LogP contribution in [0.15, 0.2) is 107 Å². The van der Waals surface area contributed by atoms with Crippen molar-refractivity contribution >= 4 is 126 Å². The number of carbonyl (C=O) groups excluding carboxylic acids is 2. The zero-order valence-corrected chi connectivity index (χ0v) is 41.7. The third kappa shape index (κ3) is 12.3. The summed E-state index contributed by atoms with van der Waals surface area (Å²) in [5, 5.41) is 32.5. The number of aliphatic hydroxyl groups excluding tert-OH is 2. The van der Waals surface area contributed by atoms with Crippen molar-refractivity contribution in [2.24, 2.45) is 10.2 Å². The summed E-state index contributed by atoms with van der Waals surface area (Å²) in [7, 11) is -24.6. The smallest absolute Gasteiger partial charge is 0.296 e. The lowest BCUT2D eigenvalue weighted by Gasteiger charge is -2.23. The average Bonchev–Trinajstić information content (AvgIpc) is 3.31. The van der Waals surface area contributed by atoms with Crippen molar-refractivity contribution in [2.75, 3.05) is 59.8 Å². The number of aliphatic hydroxyl groups is 2. The summed E-state index contributed by atoms with van der Waals surface area (Å²) in [6.45, 7) is -1.59. The average molecular weight is 1140 g/mol. The third-order valence-electron chi connectivity index (χ3n) is 10.3. The number of ketones is 2. The molecule has 35 heteroatoms. The number of nitrogens with one attached hydrogen (secondary N) is 4. The van der Waals surface area contributed by atoms with E-state index in [2.05, 4.69) is 46.6 Å². The van der Waals surface area contributed by atoms with Crippen molar-refractivity contribution in [3.63, 3.8) is 0 Å². The maximum atomic E-state index is 14.4. The maximum Gasteiger partial charge on any atom is 0.296 e. The molecule has 1 heterocycles. The van der Waals surface area contributed by atoms with Crippen LogP contribution in [0.5, 0.6) is 5.75 Å². The summed E-state index contributed by atoms with van der Waals surface area (Å²) in [4.78, 5) is 37.4. The Labute approximate surface area is 424 Å². The van der Waals surface area contributed by atoms with Gasteiger partial charge in [-0.15, -0.1) is 0 Å². The lowest BCUT2D eigenvalue weighted by molar-refractivity contribution is 0.105. The van der Waals surface area contributed by atoms with Crippen LogP contribution in [0.25, 0.3) is 12.2 Å². The van der Waals surface area contributed by atoms with Crippen LogP contribution in [0.3, 0.4) is 0 Å². The molecule has 0 amide bonds. The Balaban J connectivity index is 1.32. The molecule has 0 unspecified atom stereocenters. The molecule has 4 aromatic carbocycles. The fourth-order valence-corrected chi connectivity index (χ4v) is 10.2. The molecule has 396 valence electrons. The second-order valence-electron chi connectivity index (χ2n) is 15.3. The monoisotopic (exact) mass is 1140 g/mol. The minimum absolute atomic E-state index is 0.0148. The Hall–Kier alpha value is -7.68. The number of fused-ring (bicyclic) bond motifs is 2. The molecule has 0 saturated carbocycles. The fraction of sp³-hybridized carbons (Fsp3) is 0.125. The van der Waals surface area contributed by atoms with Crippen LogP contribution in [0.4, 0.5) is 40.6 Å². The highest BCUT2D eigenvalue weighted by Gasteiger charge is 2.37. The molecular weight excluding hydrogens is 1100 g/mol. The van der Waals surface area contributed by atoms with Gasteiger partial charge in [0.05, 0.1) is 47.8 Å². The molecule has 5 aromatic rings. The van der Waals surface area contributed by atoms with Gasteiger partial charge >= 0.3 is 0 Å². The summed E-state index contributed by atoms with van der Waals surface area (Å²) in [5.41, 5.74) is -0.846. The van der Waals surface area contributed by atoms with Crippen LogP contribution < -0.4 is 31.1 Å². The highest BCUT2D eigenvalue weighted by Crippen LogP contribution is 2.36. The van der Waals surface area contributed by atoms with Gasteiger partial charge in [-0.05, 0) is 77.9 Å². The molecule has 1 aromatic heterocycles. The van der Waals surface area contributed by atoms with Gasteiger partial charge in [-0.3, -0.25) is 43.2 Å². The molecule has 2 aliphatic carbocycles. The second kappa shape index (κ2) is 20.9. The van der Waals surface area contributed by atoms with Gasteiger partial charge in [0.25, 0.3) is 50.6 Å². The first-order valence-corrected chi connectivity index (χ1v) is 27.7. The van der Waals surface area contributed by atoms with Crippen molar-refractivity contribution < 1.29 is 89.4 Å². The van der Waals surface area contributed by atoms with Crippen LogP contribution >= 0.6 is 0 Å². The first-order chi connectivity index (χ1) is 35.0. The van der Waals surface area contributed by atoms with E-state index in [1.165, 1.54) is 42.3 Å². The molecular formula is C40H36N10O20S5. The third-order valence-corrected chi connectivity index (χ3v) is 14.7. The number of hydrogen-bond acceptors (Lipinski definition) is 25. The second-order valence-corrected chi connectivity index (χ2v) is 22.2. The van der Waals surface area contributed by atoms with Crippen molar-refractivity contribution in [3.05, 3.63) is 105 Å². The molecule has 0 saturated heterocycles. The first-order valence-electron chi connectivity index (χ1n) is 20.5. The number of hydrogen-bond donors (Lipinski definition) is 11. The molecule has 0 aliphatic heterocycles. The van der Waals surface area contributed by atoms with Gasteiger partial charge in [0.15, 0.2) is 11.4 Å². The summed E-state index contributed by atoms with van der Waals surface area (Å²) >= 11 is 0. The van der Waals surface area contributed by atoms with Gasteiger partial charge in [0, 0.05) is 30.4 Å². The van der Waals surface area contributed by atoms with E-state index in [1.807, 2.05) is 0 Å². The molecule has 0 bridgehead atoms. The number of nitrogens with zero attached hydrogens (tertiary/aromatic N) is 6. The number of aromatic nitrogens is 3. The highest BCUT2D eigenvalue weighted by atomic mass is 32.2. The molecule has 0 atom stereocenters. The van der Waals surface area contributed by atoms with E-state index in [0.29, 0.717) is 18.2 Å². The van der Waals surface area contributed by atoms with Crippen molar-refractivity contribution in [2.45, 2.75) is 14.7 Å². The number of benzene rings is 4. The number of rotatable bonds is 19. The number of methoxy groups -OCH3 is 1. The van der Waals surface area contributed by atoms with Crippen molar-refractivity contribution in [1.82, 2.24) is 15.0 Å². The lowest BCUT2D eigenvalue weighted by atomic mass is 9.93. The molecule has 75 heavy (non-hydrogen) atoms. The Morgan fingerprint density at radius 2 is 1.13 bits per heavy atom. The largest absolute Gasteiger partial charge is 0.497 e. The van der Waals surface area contributed by atoms with Crippen molar-refractivity contribution in [1.29, 1.82) is 0 Å². The highest BCUT2D eigenvalue weighted by molar-refractivity contribution is 7.91. The number of carbonyl (C=O) groups is 2. The van der Waals surface area contributed by atoms with Gasteiger partial charge in [0.1, 0.15) is 25.4 Å². The van der Waals surface area contributed by atoms with Gasteiger partial charge in [0.2, 0.25) is 29.4 Å². The molecule has 0 spiro atoms. The van der Waals surface area contributed by atoms with E-state index in [1.54, 1.807) is 0 Å². The Morgan fingerprint density at radius 3 is 1.69 bits per heavy atom. The SMILES string of the molecule is COc1ccc(NN=C2C(=O)c3ccc(Nc4nc(Nc5cc(S(=O)(=O)O)cc6c5C(=O)C(=NNc5ccccc5S(=O)(=O)O)C(S(=O)(=O)O)=C6)nc(N(CCO)CCO)n4)cc3C=C2S(=O)(=O)O)c(S(=O)(=O)O)c1. The summed E-state index contributed by atoms with van der Waals surface area (Å²) in [6, 6.07) is 12.6.